The molecule has 0 saturated heterocycles. The highest BCUT2D eigenvalue weighted by Gasteiger charge is 2.19. The van der Waals surface area contributed by atoms with Crippen LogP contribution in [0.15, 0.2) is 42.5 Å². The third-order valence-corrected chi connectivity index (χ3v) is 2.69. The van der Waals surface area contributed by atoms with Crippen molar-refractivity contribution < 1.29 is 27.8 Å². The quantitative estimate of drug-likeness (QED) is 0.642. The first kappa shape index (κ1) is 15.6. The van der Waals surface area contributed by atoms with E-state index in [1.165, 1.54) is 18.2 Å². The van der Waals surface area contributed by atoms with Crippen molar-refractivity contribution in [3.63, 3.8) is 0 Å². The molecule has 2 aromatic carbocycles. The Morgan fingerprint density at radius 2 is 1.50 bits per heavy atom. The highest BCUT2D eigenvalue weighted by Crippen LogP contribution is 2.18. The second-order valence-corrected chi connectivity index (χ2v) is 4.26. The zero-order valence-corrected chi connectivity index (χ0v) is 11.6. The highest BCUT2D eigenvalue weighted by atomic mass is 19.1. The number of hydrogen-bond donors (Lipinski definition) is 0. The Kier molecular flexibility index (Phi) is 4.83. The lowest BCUT2D eigenvalue weighted by atomic mass is 10.1. The molecule has 0 saturated carbocycles. The number of carbonyl (C=O) groups is 2. The minimum Gasteiger partial charge on any atom is -0.462 e. The summed E-state index contributed by atoms with van der Waals surface area (Å²) < 4.78 is 35.9. The van der Waals surface area contributed by atoms with E-state index in [1.807, 2.05) is 0 Å². The van der Waals surface area contributed by atoms with Crippen molar-refractivity contribution >= 4 is 11.9 Å². The molecule has 2 aromatic rings. The molecule has 0 aromatic heterocycles. The second-order valence-electron chi connectivity index (χ2n) is 4.26. The van der Waals surface area contributed by atoms with Crippen LogP contribution in [0.5, 0.6) is 5.75 Å². The maximum atomic E-state index is 13.1. The summed E-state index contributed by atoms with van der Waals surface area (Å²) in [4.78, 5) is 23.9. The molecular weight excluding hydrogens is 294 g/mol. The predicted octanol–water partition coefficient (Wildman–Crippen LogP) is 3.36. The van der Waals surface area contributed by atoms with Gasteiger partial charge in [0, 0.05) is 18.2 Å². The molecular formula is C16H12F2O4. The van der Waals surface area contributed by atoms with Gasteiger partial charge >= 0.3 is 11.9 Å². The fraction of sp³-hybridized carbons (Fsp3) is 0.125. The minimum atomic E-state index is -0.909. The molecule has 6 heteroatoms. The number of halogens is 2. The van der Waals surface area contributed by atoms with Crippen molar-refractivity contribution in [3.05, 3.63) is 65.2 Å². The van der Waals surface area contributed by atoms with Gasteiger partial charge in [-0.25, -0.2) is 18.4 Å². The number of carbonyl (C=O) groups excluding carboxylic acids is 2. The van der Waals surface area contributed by atoms with Gasteiger partial charge in [0.05, 0.1) is 17.7 Å². The molecule has 0 unspecified atom stereocenters. The summed E-state index contributed by atoms with van der Waals surface area (Å²) in [7, 11) is 0. The standard InChI is InChI=1S/C16H12F2O4/c1-2-21-15(19)13-5-3-4-6-14(13)16(20)22-12-8-10(17)7-11(18)9-12/h3-9H,2H2,1H3. The number of esters is 2. The first-order valence-electron chi connectivity index (χ1n) is 6.45. The van der Waals surface area contributed by atoms with Crippen LogP contribution in [0.1, 0.15) is 27.6 Å². The third kappa shape index (κ3) is 3.66. The summed E-state index contributed by atoms with van der Waals surface area (Å²) in [5, 5.41) is 0. The van der Waals surface area contributed by atoms with Gasteiger partial charge in [-0.2, -0.15) is 0 Å². The van der Waals surface area contributed by atoms with Crippen LogP contribution in [-0.2, 0) is 4.74 Å². The largest absolute Gasteiger partial charge is 0.462 e. The molecule has 0 fully saturated rings. The van der Waals surface area contributed by atoms with Crippen LogP contribution in [-0.4, -0.2) is 18.5 Å². The van der Waals surface area contributed by atoms with E-state index in [0.29, 0.717) is 6.07 Å². The maximum absolute atomic E-state index is 13.1. The first-order valence-corrected chi connectivity index (χ1v) is 6.45. The SMILES string of the molecule is CCOC(=O)c1ccccc1C(=O)Oc1cc(F)cc(F)c1. The van der Waals surface area contributed by atoms with Gasteiger partial charge < -0.3 is 9.47 Å². The summed E-state index contributed by atoms with van der Waals surface area (Å²) in [5.74, 6) is -3.63. The van der Waals surface area contributed by atoms with Crippen molar-refractivity contribution in [3.8, 4) is 5.75 Å². The monoisotopic (exact) mass is 306 g/mol. The van der Waals surface area contributed by atoms with Gasteiger partial charge in [0.25, 0.3) is 0 Å². The zero-order chi connectivity index (χ0) is 16.1. The Hall–Kier alpha value is -2.76. The van der Waals surface area contributed by atoms with Crippen molar-refractivity contribution in [2.24, 2.45) is 0 Å². The van der Waals surface area contributed by atoms with E-state index < -0.39 is 23.6 Å². The Morgan fingerprint density at radius 3 is 2.05 bits per heavy atom. The topological polar surface area (TPSA) is 52.6 Å². The lowest BCUT2D eigenvalue weighted by Gasteiger charge is -2.09. The van der Waals surface area contributed by atoms with Crippen LogP contribution >= 0.6 is 0 Å². The molecule has 4 nitrogen and oxygen atoms in total. The lowest BCUT2D eigenvalue weighted by molar-refractivity contribution is 0.0517. The summed E-state index contributed by atoms with van der Waals surface area (Å²) in [5.41, 5.74) is -0.0307. The first-order chi connectivity index (χ1) is 10.5. The lowest BCUT2D eigenvalue weighted by Crippen LogP contribution is -2.16. The van der Waals surface area contributed by atoms with Crippen LogP contribution in [0, 0.1) is 11.6 Å². The molecule has 114 valence electrons. The van der Waals surface area contributed by atoms with Crippen LogP contribution < -0.4 is 4.74 Å². The van der Waals surface area contributed by atoms with E-state index >= 15 is 0 Å². The van der Waals surface area contributed by atoms with Gasteiger partial charge in [0.1, 0.15) is 17.4 Å². The van der Waals surface area contributed by atoms with Crippen LogP contribution in [0.25, 0.3) is 0 Å². The summed E-state index contributed by atoms with van der Waals surface area (Å²) >= 11 is 0. The van der Waals surface area contributed by atoms with E-state index in [-0.39, 0.29) is 23.5 Å². The van der Waals surface area contributed by atoms with Gasteiger partial charge in [-0.15, -0.1) is 0 Å². The molecule has 2 rings (SSSR count). The summed E-state index contributed by atoms with van der Waals surface area (Å²) in [6.45, 7) is 1.78. The van der Waals surface area contributed by atoms with Gasteiger partial charge in [-0.05, 0) is 19.1 Å². The Balaban J connectivity index is 2.28. The summed E-state index contributed by atoms with van der Waals surface area (Å²) in [6.07, 6.45) is 0. The van der Waals surface area contributed by atoms with E-state index in [1.54, 1.807) is 13.0 Å². The van der Waals surface area contributed by atoms with Crippen LogP contribution in [0.2, 0.25) is 0 Å². The number of ether oxygens (including phenoxy) is 2. The molecule has 22 heavy (non-hydrogen) atoms. The molecule has 0 atom stereocenters. The molecule has 0 aliphatic heterocycles. The highest BCUT2D eigenvalue weighted by molar-refractivity contribution is 6.03. The molecule has 0 radical (unpaired) electrons. The Bertz CT molecular complexity index is 693. The van der Waals surface area contributed by atoms with E-state index in [0.717, 1.165) is 12.1 Å². The average molecular weight is 306 g/mol. The molecule has 0 spiro atoms. The van der Waals surface area contributed by atoms with E-state index in [4.69, 9.17) is 9.47 Å². The van der Waals surface area contributed by atoms with E-state index in [9.17, 15) is 18.4 Å². The van der Waals surface area contributed by atoms with Crippen molar-refractivity contribution in [1.82, 2.24) is 0 Å². The van der Waals surface area contributed by atoms with E-state index in [2.05, 4.69) is 0 Å². The molecule has 0 aliphatic rings. The number of benzene rings is 2. The third-order valence-electron chi connectivity index (χ3n) is 2.69. The minimum absolute atomic E-state index is 0.0197. The smallest absolute Gasteiger partial charge is 0.344 e. The Morgan fingerprint density at radius 1 is 0.955 bits per heavy atom. The Labute approximate surface area is 125 Å². The van der Waals surface area contributed by atoms with Crippen LogP contribution in [0.3, 0.4) is 0 Å². The second kappa shape index (κ2) is 6.80. The van der Waals surface area contributed by atoms with Gasteiger partial charge in [-0.3, -0.25) is 0 Å². The zero-order valence-electron chi connectivity index (χ0n) is 11.6. The predicted molar refractivity (Wildman–Crippen MR) is 73.7 cm³/mol. The van der Waals surface area contributed by atoms with Crippen molar-refractivity contribution in [1.29, 1.82) is 0 Å². The molecule has 0 aliphatic carbocycles. The maximum Gasteiger partial charge on any atom is 0.344 e. The van der Waals surface area contributed by atoms with Crippen molar-refractivity contribution in [2.45, 2.75) is 6.92 Å². The van der Waals surface area contributed by atoms with Crippen molar-refractivity contribution in [2.75, 3.05) is 6.61 Å². The van der Waals surface area contributed by atoms with Gasteiger partial charge in [0.15, 0.2) is 0 Å². The van der Waals surface area contributed by atoms with Gasteiger partial charge in [0.2, 0.25) is 0 Å². The fourth-order valence-corrected chi connectivity index (χ4v) is 1.80. The average Bonchev–Trinajstić information content (AvgIpc) is 2.46. The fourth-order valence-electron chi connectivity index (χ4n) is 1.80. The molecule has 0 amide bonds. The number of rotatable bonds is 4. The molecule has 0 bridgehead atoms. The molecule has 0 heterocycles. The normalized spacial score (nSPS) is 10.1. The summed E-state index contributed by atoms with van der Waals surface area (Å²) in [6, 6.07) is 8.26. The molecule has 0 N–H and O–H groups in total. The number of hydrogen-bond acceptors (Lipinski definition) is 4. The van der Waals surface area contributed by atoms with Crippen LogP contribution in [0.4, 0.5) is 8.78 Å². The van der Waals surface area contributed by atoms with Gasteiger partial charge in [-0.1, -0.05) is 12.1 Å².